The van der Waals surface area contributed by atoms with E-state index in [1.807, 2.05) is 0 Å². The molecule has 104 valence electrons. The first kappa shape index (κ1) is 13.2. The van der Waals surface area contributed by atoms with E-state index in [-0.39, 0.29) is 11.0 Å². The van der Waals surface area contributed by atoms with Gasteiger partial charge in [-0.25, -0.2) is 0 Å². The smallest absolute Gasteiger partial charge is 0.0708 e. The van der Waals surface area contributed by atoms with E-state index >= 15 is 0 Å². The topological polar surface area (TPSA) is 21.3 Å². The van der Waals surface area contributed by atoms with Gasteiger partial charge in [0.15, 0.2) is 0 Å². The Morgan fingerprint density at radius 2 is 1.94 bits per heavy atom. The van der Waals surface area contributed by atoms with Gasteiger partial charge in [0.2, 0.25) is 0 Å². The fourth-order valence-electron chi connectivity index (χ4n) is 3.92. The summed E-state index contributed by atoms with van der Waals surface area (Å²) in [6, 6.07) is 0.573. The van der Waals surface area contributed by atoms with Crippen LogP contribution in [-0.2, 0) is 4.74 Å². The number of rotatable bonds is 3. The maximum atomic E-state index is 6.33. The first-order chi connectivity index (χ1) is 8.52. The number of hydrogen-bond acceptors (Lipinski definition) is 2. The van der Waals surface area contributed by atoms with Gasteiger partial charge in [-0.15, -0.1) is 11.6 Å². The predicted molar refractivity (Wildman–Crippen MR) is 75.1 cm³/mol. The third-order valence-electron chi connectivity index (χ3n) is 5.59. The zero-order chi connectivity index (χ0) is 12.8. The molecule has 3 atom stereocenters. The lowest BCUT2D eigenvalue weighted by Gasteiger charge is -2.49. The van der Waals surface area contributed by atoms with Crippen molar-refractivity contribution in [2.24, 2.45) is 5.41 Å². The minimum Gasteiger partial charge on any atom is -0.370 e. The highest BCUT2D eigenvalue weighted by atomic mass is 35.5. The van der Waals surface area contributed by atoms with E-state index in [1.165, 1.54) is 38.5 Å². The molecule has 0 aromatic carbocycles. The molecule has 3 unspecified atom stereocenters. The number of alkyl halides is 1. The zero-order valence-corrected chi connectivity index (χ0v) is 12.4. The van der Waals surface area contributed by atoms with Crippen LogP contribution in [0.5, 0.6) is 0 Å². The van der Waals surface area contributed by atoms with Crippen LogP contribution in [0.2, 0.25) is 0 Å². The third-order valence-corrected chi connectivity index (χ3v) is 6.33. The number of halogens is 1. The molecule has 2 nitrogen and oxygen atoms in total. The van der Waals surface area contributed by atoms with Gasteiger partial charge in [-0.1, -0.05) is 26.7 Å². The van der Waals surface area contributed by atoms with Crippen LogP contribution < -0.4 is 5.32 Å². The highest BCUT2D eigenvalue weighted by molar-refractivity contribution is 6.21. The van der Waals surface area contributed by atoms with Gasteiger partial charge in [0, 0.05) is 18.0 Å². The van der Waals surface area contributed by atoms with E-state index in [0.717, 1.165) is 13.0 Å². The van der Waals surface area contributed by atoms with Gasteiger partial charge in [0.1, 0.15) is 0 Å². The van der Waals surface area contributed by atoms with Crippen molar-refractivity contribution in [3.8, 4) is 0 Å². The summed E-state index contributed by atoms with van der Waals surface area (Å²) in [5.41, 5.74) is 0.516. The van der Waals surface area contributed by atoms with E-state index in [9.17, 15) is 0 Å². The average Bonchev–Trinajstić information content (AvgIpc) is 2.96. The van der Waals surface area contributed by atoms with E-state index in [1.54, 1.807) is 0 Å². The monoisotopic (exact) mass is 271 g/mol. The van der Waals surface area contributed by atoms with Crippen molar-refractivity contribution >= 4 is 11.6 Å². The fraction of sp³-hybridized carbons (Fsp3) is 1.00. The second kappa shape index (κ2) is 4.64. The molecule has 1 N–H and O–H groups in total. The summed E-state index contributed by atoms with van der Waals surface area (Å²) in [5, 5.41) is 4.01. The Labute approximate surface area is 116 Å². The van der Waals surface area contributed by atoms with Crippen molar-refractivity contribution < 1.29 is 4.74 Å². The van der Waals surface area contributed by atoms with Crippen molar-refractivity contribution in [3.63, 3.8) is 0 Å². The summed E-state index contributed by atoms with van der Waals surface area (Å²) in [6.07, 6.45) is 9.38. The Morgan fingerprint density at radius 3 is 2.56 bits per heavy atom. The molecule has 1 aliphatic heterocycles. The van der Waals surface area contributed by atoms with Crippen LogP contribution >= 0.6 is 11.6 Å². The molecule has 0 aromatic heterocycles. The molecule has 1 saturated heterocycles. The lowest BCUT2D eigenvalue weighted by atomic mass is 9.67. The maximum Gasteiger partial charge on any atom is 0.0708 e. The Bertz CT molecular complexity index is 312. The van der Waals surface area contributed by atoms with E-state index in [0.29, 0.717) is 17.5 Å². The van der Waals surface area contributed by atoms with E-state index in [2.05, 4.69) is 19.2 Å². The van der Waals surface area contributed by atoms with Gasteiger partial charge < -0.3 is 10.1 Å². The van der Waals surface area contributed by atoms with Gasteiger partial charge >= 0.3 is 0 Å². The minimum absolute atomic E-state index is 0.241. The van der Waals surface area contributed by atoms with Gasteiger partial charge in [-0.2, -0.15) is 0 Å². The lowest BCUT2D eigenvalue weighted by molar-refractivity contribution is -0.0393. The molecule has 0 bridgehead atoms. The molecular weight excluding hydrogens is 246 g/mol. The van der Waals surface area contributed by atoms with Crippen LogP contribution in [0.4, 0.5) is 0 Å². The molecule has 3 fully saturated rings. The molecule has 0 radical (unpaired) electrons. The van der Waals surface area contributed by atoms with Gasteiger partial charge in [0.25, 0.3) is 0 Å². The van der Waals surface area contributed by atoms with Gasteiger partial charge in [0.05, 0.1) is 11.7 Å². The summed E-state index contributed by atoms with van der Waals surface area (Å²) < 4.78 is 6.33. The Morgan fingerprint density at radius 1 is 1.22 bits per heavy atom. The lowest BCUT2D eigenvalue weighted by Crippen LogP contribution is -2.58. The van der Waals surface area contributed by atoms with Crippen molar-refractivity contribution in [3.05, 3.63) is 0 Å². The van der Waals surface area contributed by atoms with E-state index in [4.69, 9.17) is 16.3 Å². The van der Waals surface area contributed by atoms with Crippen LogP contribution in [0.3, 0.4) is 0 Å². The average molecular weight is 272 g/mol. The highest BCUT2D eigenvalue weighted by Gasteiger charge is 2.48. The van der Waals surface area contributed by atoms with Crippen molar-refractivity contribution in [2.75, 3.05) is 6.54 Å². The Hall–Kier alpha value is 0.210. The van der Waals surface area contributed by atoms with Crippen LogP contribution in [0.1, 0.15) is 58.8 Å². The quantitative estimate of drug-likeness (QED) is 0.794. The normalized spacial score (nSPS) is 41.2. The number of hydrogen-bond donors (Lipinski definition) is 1. The molecule has 2 aliphatic carbocycles. The molecule has 18 heavy (non-hydrogen) atoms. The van der Waals surface area contributed by atoms with Crippen molar-refractivity contribution in [1.82, 2.24) is 5.32 Å². The summed E-state index contributed by atoms with van der Waals surface area (Å²) in [7, 11) is 0. The fourth-order valence-corrected chi connectivity index (χ4v) is 4.25. The van der Waals surface area contributed by atoms with Crippen LogP contribution in [0.15, 0.2) is 0 Å². The van der Waals surface area contributed by atoms with Crippen LogP contribution in [0.25, 0.3) is 0 Å². The SMILES string of the molecule is CC1(C)C(Cl)CC1NCC1CCC2(CCCC2)O1. The number of ether oxygens (including phenoxy) is 1. The maximum absolute atomic E-state index is 6.33. The molecule has 1 heterocycles. The molecule has 3 rings (SSSR count). The zero-order valence-electron chi connectivity index (χ0n) is 11.7. The summed E-state index contributed by atoms with van der Waals surface area (Å²) >= 11 is 6.26. The molecule has 0 aromatic rings. The highest BCUT2D eigenvalue weighted by Crippen LogP contribution is 2.45. The van der Waals surface area contributed by atoms with Gasteiger partial charge in [-0.05, 0) is 37.5 Å². The molecule has 0 amide bonds. The van der Waals surface area contributed by atoms with Gasteiger partial charge in [-0.3, -0.25) is 0 Å². The minimum atomic E-state index is 0.241. The molecule has 1 spiro atoms. The first-order valence-corrected chi connectivity index (χ1v) is 8.01. The van der Waals surface area contributed by atoms with Crippen molar-refractivity contribution in [2.45, 2.75) is 81.9 Å². The molecule has 3 aliphatic rings. The molecular formula is C15H26ClNO. The summed E-state index contributed by atoms with van der Waals surface area (Å²) in [6.45, 7) is 5.54. The van der Waals surface area contributed by atoms with E-state index < -0.39 is 0 Å². The third kappa shape index (κ3) is 2.21. The first-order valence-electron chi connectivity index (χ1n) is 7.57. The molecule has 3 heteroatoms. The second-order valence-corrected chi connectivity index (χ2v) is 7.68. The van der Waals surface area contributed by atoms with Crippen molar-refractivity contribution in [1.29, 1.82) is 0 Å². The van der Waals surface area contributed by atoms with Crippen LogP contribution in [-0.4, -0.2) is 29.7 Å². The second-order valence-electron chi connectivity index (χ2n) is 7.15. The summed E-state index contributed by atoms with van der Waals surface area (Å²) in [4.78, 5) is 0. The predicted octanol–water partition coefficient (Wildman–Crippen LogP) is 3.47. The Kier molecular flexibility index (Phi) is 3.41. The number of nitrogens with one attached hydrogen (secondary N) is 1. The standard InChI is InChI=1S/C15H26ClNO/c1-14(2)12(16)9-13(14)17-10-11-5-8-15(18-11)6-3-4-7-15/h11-13,17H,3-10H2,1-2H3. The van der Waals surface area contributed by atoms with Crippen LogP contribution in [0, 0.1) is 5.41 Å². The largest absolute Gasteiger partial charge is 0.370 e. The Balaban J connectivity index is 1.45. The molecule has 2 saturated carbocycles. The summed E-state index contributed by atoms with van der Waals surface area (Å²) in [5.74, 6) is 0.